The number of hydrogen-bond acceptors (Lipinski definition) is 8. The summed E-state index contributed by atoms with van der Waals surface area (Å²) >= 11 is 9.86. The first kappa shape index (κ1) is 32.4. The number of nitrogens with zero attached hydrogens (tertiary/aromatic N) is 1. The van der Waals surface area contributed by atoms with Gasteiger partial charge >= 0.3 is 0 Å². The van der Waals surface area contributed by atoms with Gasteiger partial charge in [-0.05, 0) is 56.1 Å². The van der Waals surface area contributed by atoms with Crippen molar-refractivity contribution in [3.05, 3.63) is 51.4 Å². The molecule has 0 fully saturated rings. The third kappa shape index (κ3) is 9.19. The first-order valence-corrected chi connectivity index (χ1v) is 12.0. The van der Waals surface area contributed by atoms with Crippen molar-refractivity contribution in [1.82, 2.24) is 4.98 Å². The summed E-state index contributed by atoms with van der Waals surface area (Å²) in [6, 6.07) is 7.08. The number of primary amides is 1. The average molecular weight is 683 g/mol. The van der Waals surface area contributed by atoms with E-state index in [0.717, 1.165) is 15.7 Å². The van der Waals surface area contributed by atoms with Crippen LogP contribution in [-0.4, -0.2) is 50.9 Å². The number of amides is 1. The summed E-state index contributed by atoms with van der Waals surface area (Å²) in [5.41, 5.74) is 6.35. The van der Waals surface area contributed by atoms with Gasteiger partial charge < -0.3 is 29.1 Å². The first-order chi connectivity index (χ1) is 16.3. The van der Waals surface area contributed by atoms with E-state index in [2.05, 4.69) is 58.5 Å². The fourth-order valence-corrected chi connectivity index (χ4v) is 3.91. The largest absolute Gasteiger partial charge is 0.495 e. The zero-order chi connectivity index (χ0) is 25.7. The highest BCUT2D eigenvalue weighted by Crippen LogP contribution is 2.38. The summed E-state index contributed by atoms with van der Waals surface area (Å²) in [4.78, 5) is 24.1. The lowest BCUT2D eigenvalue weighted by molar-refractivity contribution is -0.106. The van der Waals surface area contributed by atoms with Crippen molar-refractivity contribution >= 4 is 60.0 Å². The molecule has 0 saturated heterocycles. The summed E-state index contributed by atoms with van der Waals surface area (Å²) in [7, 11) is 6.29. The summed E-state index contributed by atoms with van der Waals surface area (Å²) in [5, 5.41) is 0.279. The minimum atomic E-state index is -0.0147. The number of rotatable bonds is 7. The van der Waals surface area contributed by atoms with Gasteiger partial charge in [0.05, 0.1) is 33.8 Å². The molecule has 12 heteroatoms. The Bertz CT molecular complexity index is 1030. The molecule has 0 unspecified atom stereocenters. The molecule has 1 heterocycles. The molecule has 9 nitrogen and oxygen atoms in total. The topological polar surface area (TPSA) is 123 Å². The van der Waals surface area contributed by atoms with Crippen LogP contribution in [0.4, 0.5) is 0 Å². The monoisotopic (exact) mass is 680 g/mol. The van der Waals surface area contributed by atoms with E-state index in [0.29, 0.717) is 33.0 Å². The highest BCUT2D eigenvalue weighted by Gasteiger charge is 2.14. The van der Waals surface area contributed by atoms with E-state index >= 15 is 0 Å². The predicted molar refractivity (Wildman–Crippen MR) is 145 cm³/mol. The molecule has 35 heavy (non-hydrogen) atoms. The molecule has 0 spiro atoms. The maximum Gasteiger partial charge on any atom is 0.204 e. The second-order valence-electron chi connectivity index (χ2n) is 5.96. The smallest absolute Gasteiger partial charge is 0.204 e. The number of halogens is 3. The van der Waals surface area contributed by atoms with Crippen molar-refractivity contribution in [1.29, 1.82) is 0 Å². The summed E-state index contributed by atoms with van der Waals surface area (Å²) in [6.45, 7) is 0. The van der Waals surface area contributed by atoms with E-state index in [1.165, 1.54) is 6.39 Å². The quantitative estimate of drug-likeness (QED) is 0.186. The van der Waals surface area contributed by atoms with Gasteiger partial charge in [-0.2, -0.15) is 0 Å². The Hall–Kier alpha value is -2.57. The van der Waals surface area contributed by atoms with E-state index in [-0.39, 0.29) is 25.0 Å². The summed E-state index contributed by atoms with van der Waals surface area (Å²) in [5.74, 6) is 2.53. The standard InChI is InChI=1S/C11H10BrNO3.C10H10Br2O3.CH3NO.CH4/c1-14-9-3-7(8-5-16-6-13-8)4-10(15-2)11(9)12;1-14-8-3-6(7(13)5-11)4-9(15-2)10(8)12;2-1-3;/h3-6H,1-2H3;3-4H,5H2,1-2H3;1H,(H2,2,3);1H4. The van der Waals surface area contributed by atoms with Crippen LogP contribution >= 0.6 is 47.8 Å². The molecule has 0 aliphatic carbocycles. The van der Waals surface area contributed by atoms with Crippen LogP contribution in [0.1, 0.15) is 17.8 Å². The molecular formula is C23H27Br3N2O7. The Morgan fingerprint density at radius 2 is 1.34 bits per heavy atom. The third-order valence-electron chi connectivity index (χ3n) is 4.06. The van der Waals surface area contributed by atoms with Gasteiger partial charge in [-0.25, -0.2) is 4.98 Å². The summed E-state index contributed by atoms with van der Waals surface area (Å²) in [6.07, 6.45) is 3.21. The van der Waals surface area contributed by atoms with Gasteiger partial charge in [-0.3, -0.25) is 9.59 Å². The van der Waals surface area contributed by atoms with Crippen molar-refractivity contribution < 1.29 is 33.0 Å². The van der Waals surface area contributed by atoms with E-state index in [1.807, 2.05) is 12.1 Å². The molecule has 3 aromatic rings. The highest BCUT2D eigenvalue weighted by atomic mass is 79.9. The molecule has 0 saturated carbocycles. The third-order valence-corrected chi connectivity index (χ3v) is 6.14. The van der Waals surface area contributed by atoms with Crippen LogP contribution in [0.3, 0.4) is 0 Å². The van der Waals surface area contributed by atoms with Gasteiger partial charge in [0.1, 0.15) is 43.9 Å². The number of carbonyl (C=O) groups is 2. The number of alkyl halides is 1. The van der Waals surface area contributed by atoms with E-state index in [1.54, 1.807) is 46.8 Å². The van der Waals surface area contributed by atoms with Crippen LogP contribution in [-0.2, 0) is 4.79 Å². The molecule has 2 aromatic carbocycles. The van der Waals surface area contributed by atoms with Gasteiger partial charge in [0, 0.05) is 11.1 Å². The average Bonchev–Trinajstić information content (AvgIpc) is 3.40. The second kappa shape index (κ2) is 17.0. The zero-order valence-corrected chi connectivity index (χ0v) is 23.5. The molecular weight excluding hydrogens is 656 g/mol. The minimum absolute atomic E-state index is 0. The molecule has 0 radical (unpaired) electrons. The van der Waals surface area contributed by atoms with Crippen molar-refractivity contribution in [3.8, 4) is 34.3 Å². The van der Waals surface area contributed by atoms with Crippen molar-refractivity contribution in [2.24, 2.45) is 5.73 Å². The SMILES string of the molecule is C.COc1cc(-c2cocn2)cc(OC)c1Br.COc1cc(C(=O)CBr)cc(OC)c1Br.NC=O. The number of nitrogens with two attached hydrogens (primary N) is 1. The molecule has 3 rings (SSSR count). The first-order valence-electron chi connectivity index (χ1n) is 9.27. The van der Waals surface area contributed by atoms with Crippen molar-refractivity contribution in [2.75, 3.05) is 33.8 Å². The van der Waals surface area contributed by atoms with Gasteiger partial charge in [-0.1, -0.05) is 23.4 Å². The fraction of sp³-hybridized carbons (Fsp3) is 0.261. The Labute approximate surface area is 229 Å². The summed E-state index contributed by atoms with van der Waals surface area (Å²) < 4.78 is 27.2. The molecule has 0 atom stereocenters. The maximum atomic E-state index is 11.5. The molecule has 2 N–H and O–H groups in total. The minimum Gasteiger partial charge on any atom is -0.495 e. The Kier molecular flexibility index (Phi) is 15.7. The van der Waals surface area contributed by atoms with Gasteiger partial charge in [0.25, 0.3) is 0 Å². The lowest BCUT2D eigenvalue weighted by Gasteiger charge is -2.10. The van der Waals surface area contributed by atoms with E-state index < -0.39 is 0 Å². The number of ketones is 1. The Balaban J connectivity index is 0.000000580. The van der Waals surface area contributed by atoms with Gasteiger partial charge in [-0.15, -0.1) is 0 Å². The number of aromatic nitrogens is 1. The van der Waals surface area contributed by atoms with Crippen LogP contribution in [0.5, 0.6) is 23.0 Å². The molecule has 0 aliphatic heterocycles. The number of methoxy groups -OCH3 is 4. The van der Waals surface area contributed by atoms with E-state index in [4.69, 9.17) is 28.2 Å². The molecule has 192 valence electrons. The van der Waals surface area contributed by atoms with Crippen LogP contribution < -0.4 is 24.7 Å². The predicted octanol–water partition coefficient (Wildman–Crippen LogP) is 5.90. The molecule has 1 amide bonds. The van der Waals surface area contributed by atoms with Crippen LogP contribution in [0.2, 0.25) is 0 Å². The number of ether oxygens (including phenoxy) is 4. The van der Waals surface area contributed by atoms with Crippen LogP contribution in [0.25, 0.3) is 11.3 Å². The number of carbonyl (C=O) groups excluding carboxylic acids is 2. The normalized spacial score (nSPS) is 9.23. The maximum absolute atomic E-state index is 11.5. The number of benzene rings is 2. The second-order valence-corrected chi connectivity index (χ2v) is 8.10. The van der Waals surface area contributed by atoms with Crippen LogP contribution in [0, 0.1) is 0 Å². The lowest BCUT2D eigenvalue weighted by Crippen LogP contribution is -2.02. The molecule has 0 bridgehead atoms. The van der Waals surface area contributed by atoms with Gasteiger partial charge in [0.2, 0.25) is 6.41 Å². The van der Waals surface area contributed by atoms with Gasteiger partial charge in [0.15, 0.2) is 12.2 Å². The lowest BCUT2D eigenvalue weighted by atomic mass is 10.1. The van der Waals surface area contributed by atoms with Crippen molar-refractivity contribution in [2.45, 2.75) is 7.43 Å². The van der Waals surface area contributed by atoms with E-state index in [9.17, 15) is 4.79 Å². The number of Topliss-reactive ketones (excluding diaryl/α,β-unsaturated/α-hetero) is 1. The number of hydrogen-bond donors (Lipinski definition) is 1. The Morgan fingerprint density at radius 3 is 1.66 bits per heavy atom. The zero-order valence-electron chi connectivity index (χ0n) is 18.8. The highest BCUT2D eigenvalue weighted by molar-refractivity contribution is 9.11. The number of oxazole rings is 1. The molecule has 0 aliphatic rings. The van der Waals surface area contributed by atoms with Crippen molar-refractivity contribution in [3.63, 3.8) is 0 Å². The Morgan fingerprint density at radius 1 is 0.943 bits per heavy atom. The fourth-order valence-electron chi connectivity index (χ4n) is 2.48. The van der Waals surface area contributed by atoms with Crippen LogP contribution in [0.15, 0.2) is 50.3 Å². The molecule has 1 aromatic heterocycles.